The molecule has 0 aliphatic rings. The van der Waals surface area contributed by atoms with E-state index in [0.29, 0.717) is 5.75 Å². The predicted molar refractivity (Wildman–Crippen MR) is 71.1 cm³/mol. The van der Waals surface area contributed by atoms with Crippen LogP contribution in [-0.4, -0.2) is 18.2 Å². The first-order valence-corrected chi connectivity index (χ1v) is 6.10. The molecule has 112 valence electrons. The second-order valence-electron chi connectivity index (χ2n) is 4.13. The standard InChI is InChI=1S/C14H13F3N2O2/c15-14(16,17)10-8-12(18)19-13(9-10)21-7-6-20-11-4-2-1-3-5-11/h1-5,8-9H,6-7H2,(H2,18,19). The number of rotatable bonds is 5. The minimum absolute atomic E-state index is 0.0582. The van der Waals surface area contributed by atoms with Gasteiger partial charge in [-0.05, 0) is 18.2 Å². The van der Waals surface area contributed by atoms with Crippen LogP contribution in [0.4, 0.5) is 19.0 Å². The smallest absolute Gasteiger partial charge is 0.416 e. The maximum Gasteiger partial charge on any atom is 0.416 e. The molecule has 2 rings (SSSR count). The topological polar surface area (TPSA) is 57.4 Å². The van der Waals surface area contributed by atoms with Gasteiger partial charge in [0.25, 0.3) is 0 Å². The maximum absolute atomic E-state index is 12.6. The highest BCUT2D eigenvalue weighted by atomic mass is 19.4. The first kappa shape index (κ1) is 15.0. The zero-order valence-corrected chi connectivity index (χ0v) is 10.9. The second-order valence-corrected chi connectivity index (χ2v) is 4.13. The fourth-order valence-electron chi connectivity index (χ4n) is 1.59. The fourth-order valence-corrected chi connectivity index (χ4v) is 1.59. The van der Waals surface area contributed by atoms with E-state index in [2.05, 4.69) is 4.98 Å². The number of para-hydroxylation sites is 1. The van der Waals surface area contributed by atoms with Gasteiger partial charge < -0.3 is 15.2 Å². The van der Waals surface area contributed by atoms with Crippen molar-refractivity contribution in [2.24, 2.45) is 0 Å². The minimum Gasteiger partial charge on any atom is -0.490 e. The van der Waals surface area contributed by atoms with Crippen LogP contribution in [0.2, 0.25) is 0 Å². The first-order chi connectivity index (χ1) is 9.95. The van der Waals surface area contributed by atoms with Crippen LogP contribution in [0.25, 0.3) is 0 Å². The average Bonchev–Trinajstić information content (AvgIpc) is 2.43. The molecule has 0 aliphatic heterocycles. The van der Waals surface area contributed by atoms with Gasteiger partial charge in [0.05, 0.1) is 5.56 Å². The number of pyridine rings is 1. The summed E-state index contributed by atoms with van der Waals surface area (Å²) in [7, 11) is 0. The minimum atomic E-state index is -4.49. The third-order valence-electron chi connectivity index (χ3n) is 2.49. The van der Waals surface area contributed by atoms with Crippen molar-refractivity contribution >= 4 is 5.82 Å². The van der Waals surface area contributed by atoms with Crippen molar-refractivity contribution in [3.05, 3.63) is 48.0 Å². The lowest BCUT2D eigenvalue weighted by atomic mass is 10.2. The molecule has 0 aliphatic carbocycles. The molecule has 0 bridgehead atoms. The van der Waals surface area contributed by atoms with Gasteiger partial charge in [0, 0.05) is 6.07 Å². The normalized spacial score (nSPS) is 11.2. The number of hydrogen-bond acceptors (Lipinski definition) is 4. The number of aromatic nitrogens is 1. The van der Waals surface area contributed by atoms with Gasteiger partial charge in [0.15, 0.2) is 0 Å². The third-order valence-corrected chi connectivity index (χ3v) is 2.49. The summed E-state index contributed by atoms with van der Waals surface area (Å²) in [6.07, 6.45) is -4.49. The second kappa shape index (κ2) is 6.34. The Kier molecular flexibility index (Phi) is 4.52. The number of ether oxygens (including phenoxy) is 2. The molecule has 0 amide bonds. The van der Waals surface area contributed by atoms with E-state index >= 15 is 0 Å². The van der Waals surface area contributed by atoms with Gasteiger partial charge in [-0.1, -0.05) is 18.2 Å². The number of anilines is 1. The quantitative estimate of drug-likeness (QED) is 0.862. The van der Waals surface area contributed by atoms with Crippen LogP contribution in [0.3, 0.4) is 0 Å². The van der Waals surface area contributed by atoms with E-state index in [1.54, 1.807) is 12.1 Å². The van der Waals surface area contributed by atoms with E-state index in [1.807, 2.05) is 18.2 Å². The maximum atomic E-state index is 12.6. The van der Waals surface area contributed by atoms with Gasteiger partial charge in [-0.2, -0.15) is 18.2 Å². The Morgan fingerprint density at radius 2 is 1.67 bits per heavy atom. The number of nitrogens with two attached hydrogens (primary N) is 1. The molecule has 1 aromatic carbocycles. The Labute approximate surface area is 119 Å². The van der Waals surface area contributed by atoms with Crippen LogP contribution in [0.5, 0.6) is 11.6 Å². The Morgan fingerprint density at radius 1 is 1.00 bits per heavy atom. The summed E-state index contributed by atoms with van der Waals surface area (Å²) in [5.41, 5.74) is 4.43. The molecule has 1 aromatic heterocycles. The number of alkyl halides is 3. The van der Waals surface area contributed by atoms with E-state index in [1.165, 1.54) is 0 Å². The van der Waals surface area contributed by atoms with Crippen LogP contribution in [0.15, 0.2) is 42.5 Å². The molecule has 4 nitrogen and oxygen atoms in total. The molecule has 0 radical (unpaired) electrons. The van der Waals surface area contributed by atoms with Crippen LogP contribution in [0, 0.1) is 0 Å². The summed E-state index contributed by atoms with van der Waals surface area (Å²) in [6, 6.07) is 10.6. The molecular formula is C14H13F3N2O2. The first-order valence-electron chi connectivity index (χ1n) is 6.10. The van der Waals surface area contributed by atoms with Crippen LogP contribution in [0.1, 0.15) is 5.56 Å². The summed E-state index contributed by atoms with van der Waals surface area (Å²) in [5, 5.41) is 0. The fraction of sp³-hybridized carbons (Fsp3) is 0.214. The molecule has 1 heterocycles. The molecule has 7 heteroatoms. The van der Waals surface area contributed by atoms with E-state index in [9.17, 15) is 13.2 Å². The zero-order chi connectivity index (χ0) is 15.3. The van der Waals surface area contributed by atoms with Crippen molar-refractivity contribution in [3.63, 3.8) is 0 Å². The van der Waals surface area contributed by atoms with Gasteiger partial charge >= 0.3 is 6.18 Å². The largest absolute Gasteiger partial charge is 0.490 e. The van der Waals surface area contributed by atoms with Crippen molar-refractivity contribution < 1.29 is 22.6 Å². The average molecular weight is 298 g/mol. The molecule has 0 unspecified atom stereocenters. The summed E-state index contributed by atoms with van der Waals surface area (Å²) < 4.78 is 48.3. The molecular weight excluding hydrogens is 285 g/mol. The zero-order valence-electron chi connectivity index (χ0n) is 10.9. The van der Waals surface area contributed by atoms with Crippen LogP contribution < -0.4 is 15.2 Å². The lowest BCUT2D eigenvalue weighted by Gasteiger charge is -2.11. The van der Waals surface area contributed by atoms with E-state index < -0.39 is 11.7 Å². The van der Waals surface area contributed by atoms with E-state index in [4.69, 9.17) is 15.2 Å². The van der Waals surface area contributed by atoms with Gasteiger partial charge in [0.2, 0.25) is 5.88 Å². The summed E-state index contributed by atoms with van der Waals surface area (Å²) in [5.74, 6) is 0.223. The molecule has 0 saturated carbocycles. The Bertz CT molecular complexity index is 589. The number of benzene rings is 1. The Hall–Kier alpha value is -2.44. The highest BCUT2D eigenvalue weighted by molar-refractivity contribution is 5.38. The molecule has 0 spiro atoms. The summed E-state index contributed by atoms with van der Waals surface area (Å²) >= 11 is 0. The van der Waals surface area contributed by atoms with Crippen LogP contribution >= 0.6 is 0 Å². The lowest BCUT2D eigenvalue weighted by molar-refractivity contribution is -0.137. The van der Waals surface area contributed by atoms with E-state index in [-0.39, 0.29) is 24.9 Å². The summed E-state index contributed by atoms with van der Waals surface area (Å²) in [4.78, 5) is 3.69. The highest BCUT2D eigenvalue weighted by Gasteiger charge is 2.31. The molecule has 21 heavy (non-hydrogen) atoms. The van der Waals surface area contributed by atoms with Crippen molar-refractivity contribution in [2.75, 3.05) is 18.9 Å². The van der Waals surface area contributed by atoms with Crippen LogP contribution in [-0.2, 0) is 6.18 Å². The predicted octanol–water partition coefficient (Wildman–Crippen LogP) is 3.14. The third kappa shape index (κ3) is 4.55. The number of nitrogens with zero attached hydrogens (tertiary/aromatic N) is 1. The van der Waals surface area contributed by atoms with Crippen molar-refractivity contribution in [2.45, 2.75) is 6.18 Å². The van der Waals surface area contributed by atoms with Crippen molar-refractivity contribution in [3.8, 4) is 11.6 Å². The van der Waals surface area contributed by atoms with Gasteiger partial charge in [-0.3, -0.25) is 0 Å². The Morgan fingerprint density at radius 3 is 2.33 bits per heavy atom. The highest BCUT2D eigenvalue weighted by Crippen LogP contribution is 2.31. The van der Waals surface area contributed by atoms with Gasteiger partial charge in [-0.15, -0.1) is 0 Å². The monoisotopic (exact) mass is 298 g/mol. The van der Waals surface area contributed by atoms with Crippen molar-refractivity contribution in [1.82, 2.24) is 4.98 Å². The van der Waals surface area contributed by atoms with Gasteiger partial charge in [-0.25, -0.2) is 0 Å². The molecule has 0 atom stereocenters. The Balaban J connectivity index is 1.90. The molecule has 0 saturated heterocycles. The molecule has 2 aromatic rings. The molecule has 0 fully saturated rings. The van der Waals surface area contributed by atoms with Crippen molar-refractivity contribution in [1.29, 1.82) is 0 Å². The lowest BCUT2D eigenvalue weighted by Crippen LogP contribution is -2.12. The van der Waals surface area contributed by atoms with Gasteiger partial charge in [0.1, 0.15) is 24.8 Å². The van der Waals surface area contributed by atoms with E-state index in [0.717, 1.165) is 12.1 Å². The number of nitrogen functional groups attached to an aromatic ring is 1. The number of halogens is 3. The molecule has 2 N–H and O–H groups in total. The number of hydrogen-bond donors (Lipinski definition) is 1. The summed E-state index contributed by atoms with van der Waals surface area (Å²) in [6.45, 7) is 0.241. The SMILES string of the molecule is Nc1cc(C(F)(F)F)cc(OCCOc2ccccc2)n1.